The second-order valence-electron chi connectivity index (χ2n) is 6.08. The molecule has 3 rings (SSSR count). The van der Waals surface area contributed by atoms with Gasteiger partial charge in [0.25, 0.3) is 0 Å². The monoisotopic (exact) mass is 307 g/mol. The first kappa shape index (κ1) is 15.1. The van der Waals surface area contributed by atoms with Gasteiger partial charge in [0.05, 0.1) is 18.2 Å². The Kier molecular flexibility index (Phi) is 4.20. The fourth-order valence-electron chi connectivity index (χ4n) is 2.97. The molecule has 1 aromatic carbocycles. The number of nitrogens with zero attached hydrogens (tertiary/aromatic N) is 3. The van der Waals surface area contributed by atoms with Crippen LogP contribution in [0.3, 0.4) is 0 Å². The Balaban J connectivity index is 1.64. The number of carbonyl (C=O) groups is 1. The summed E-state index contributed by atoms with van der Waals surface area (Å²) in [6, 6.07) is 4.51. The van der Waals surface area contributed by atoms with E-state index in [0.717, 1.165) is 31.9 Å². The molecule has 1 atom stereocenters. The molecule has 2 aliphatic rings. The first-order valence-corrected chi connectivity index (χ1v) is 7.66. The van der Waals surface area contributed by atoms with E-state index in [1.165, 1.54) is 12.1 Å². The molecule has 1 aromatic rings. The van der Waals surface area contributed by atoms with Crippen LogP contribution in [0, 0.1) is 5.82 Å². The van der Waals surface area contributed by atoms with Crippen LogP contribution in [-0.4, -0.2) is 68.6 Å². The molecule has 0 aliphatic carbocycles. The Labute approximate surface area is 130 Å². The molecule has 2 aliphatic heterocycles. The molecular weight excluding hydrogens is 285 g/mol. The molecule has 120 valence electrons. The van der Waals surface area contributed by atoms with Crippen LogP contribution in [0.15, 0.2) is 18.2 Å². The lowest BCUT2D eigenvalue weighted by atomic mass is 10.1. The fourth-order valence-corrected chi connectivity index (χ4v) is 2.97. The van der Waals surface area contributed by atoms with E-state index < -0.39 is 0 Å². The number of rotatable bonds is 2. The summed E-state index contributed by atoms with van der Waals surface area (Å²) in [5, 5.41) is 0. The van der Waals surface area contributed by atoms with Crippen molar-refractivity contribution in [1.29, 1.82) is 0 Å². The number of halogens is 1. The fraction of sp³-hybridized carbons (Fsp3) is 0.562. The summed E-state index contributed by atoms with van der Waals surface area (Å²) in [4.78, 5) is 18.6. The normalized spacial score (nSPS) is 22.2. The summed E-state index contributed by atoms with van der Waals surface area (Å²) in [5.74, 6) is 0.407. The van der Waals surface area contributed by atoms with Crippen molar-refractivity contribution in [2.45, 2.75) is 12.5 Å². The average molecular weight is 307 g/mol. The zero-order valence-electron chi connectivity index (χ0n) is 13.1. The highest BCUT2D eigenvalue weighted by molar-refractivity contribution is 5.78. The van der Waals surface area contributed by atoms with Crippen LogP contribution in [0.5, 0.6) is 5.75 Å². The Morgan fingerprint density at radius 1 is 1.27 bits per heavy atom. The lowest BCUT2D eigenvalue weighted by Crippen LogP contribution is -2.50. The van der Waals surface area contributed by atoms with Crippen molar-refractivity contribution in [1.82, 2.24) is 9.80 Å². The highest BCUT2D eigenvalue weighted by atomic mass is 19.1. The second-order valence-corrected chi connectivity index (χ2v) is 6.08. The van der Waals surface area contributed by atoms with Crippen LogP contribution in [0.4, 0.5) is 10.1 Å². The van der Waals surface area contributed by atoms with E-state index in [4.69, 9.17) is 4.74 Å². The largest absolute Gasteiger partial charge is 0.489 e. The van der Waals surface area contributed by atoms with Gasteiger partial charge in [-0.05, 0) is 19.2 Å². The molecule has 1 unspecified atom stereocenters. The van der Waals surface area contributed by atoms with E-state index in [1.54, 1.807) is 6.07 Å². The summed E-state index contributed by atoms with van der Waals surface area (Å²) >= 11 is 0. The highest BCUT2D eigenvalue weighted by Crippen LogP contribution is 2.34. The van der Waals surface area contributed by atoms with Crippen LogP contribution in [0.1, 0.15) is 6.42 Å². The molecule has 22 heavy (non-hydrogen) atoms. The molecule has 0 aromatic heterocycles. The minimum Gasteiger partial charge on any atom is -0.489 e. The van der Waals surface area contributed by atoms with Gasteiger partial charge in [-0.3, -0.25) is 4.79 Å². The van der Waals surface area contributed by atoms with Gasteiger partial charge in [-0.2, -0.15) is 0 Å². The van der Waals surface area contributed by atoms with Gasteiger partial charge in [0, 0.05) is 39.3 Å². The maximum absolute atomic E-state index is 13.2. The first-order valence-electron chi connectivity index (χ1n) is 7.66. The molecule has 1 saturated heterocycles. The van der Waals surface area contributed by atoms with Crippen molar-refractivity contribution < 1.29 is 13.9 Å². The highest BCUT2D eigenvalue weighted by Gasteiger charge is 2.29. The van der Waals surface area contributed by atoms with Gasteiger partial charge in [0.2, 0.25) is 5.91 Å². The number of anilines is 1. The molecule has 0 spiro atoms. The van der Waals surface area contributed by atoms with Crippen molar-refractivity contribution in [3.8, 4) is 5.75 Å². The molecule has 5 nitrogen and oxygen atoms in total. The van der Waals surface area contributed by atoms with Crippen molar-refractivity contribution >= 4 is 11.6 Å². The van der Waals surface area contributed by atoms with Gasteiger partial charge in [-0.15, -0.1) is 0 Å². The van der Waals surface area contributed by atoms with E-state index in [-0.39, 0.29) is 17.8 Å². The molecule has 2 heterocycles. The number of carbonyl (C=O) groups excluding carboxylic acids is 1. The number of hydrogen-bond acceptors (Lipinski definition) is 4. The zero-order chi connectivity index (χ0) is 15.7. The molecule has 0 N–H and O–H groups in total. The smallest absolute Gasteiger partial charge is 0.224 e. The summed E-state index contributed by atoms with van der Waals surface area (Å²) in [6.07, 6.45) is 0.428. The van der Waals surface area contributed by atoms with Crippen molar-refractivity contribution in [2.24, 2.45) is 0 Å². The number of benzene rings is 1. The molecule has 1 fully saturated rings. The third kappa shape index (κ3) is 3.02. The van der Waals surface area contributed by atoms with Crippen LogP contribution >= 0.6 is 0 Å². The number of piperazine rings is 1. The maximum Gasteiger partial charge on any atom is 0.224 e. The molecular formula is C16H22FN3O2. The van der Waals surface area contributed by atoms with Crippen molar-refractivity contribution in [3.63, 3.8) is 0 Å². The van der Waals surface area contributed by atoms with E-state index in [1.807, 2.05) is 16.8 Å². The standard InChI is InChI=1S/C16H22FN3O2/c1-18-5-7-20(8-6-18)16(21)10-13-11-22-15-9-12(17)3-4-14(15)19(13)2/h3-4,9,13H,5-8,10-11H2,1-2H3. The third-order valence-electron chi connectivity index (χ3n) is 4.55. The number of amides is 1. The van der Waals surface area contributed by atoms with Crippen LogP contribution < -0.4 is 9.64 Å². The molecule has 1 amide bonds. The Bertz CT molecular complexity index is 558. The predicted molar refractivity (Wildman–Crippen MR) is 82.8 cm³/mol. The van der Waals surface area contributed by atoms with Crippen LogP contribution in [0.2, 0.25) is 0 Å². The number of likely N-dealkylation sites (N-methyl/N-ethyl adjacent to an activating group) is 2. The Morgan fingerprint density at radius 3 is 2.73 bits per heavy atom. The third-order valence-corrected chi connectivity index (χ3v) is 4.55. The molecule has 6 heteroatoms. The SMILES string of the molecule is CN1CCN(C(=O)CC2COc3cc(F)ccc3N2C)CC1. The summed E-state index contributed by atoms with van der Waals surface area (Å²) in [7, 11) is 4.00. The zero-order valence-corrected chi connectivity index (χ0v) is 13.1. The Hall–Kier alpha value is -1.82. The average Bonchev–Trinajstić information content (AvgIpc) is 2.50. The van der Waals surface area contributed by atoms with Gasteiger partial charge >= 0.3 is 0 Å². The quantitative estimate of drug-likeness (QED) is 0.822. The van der Waals surface area contributed by atoms with Crippen LogP contribution in [-0.2, 0) is 4.79 Å². The first-order chi connectivity index (χ1) is 10.5. The topological polar surface area (TPSA) is 36.0 Å². The minimum atomic E-state index is -0.306. The van der Waals surface area contributed by atoms with Gasteiger partial charge in [-0.1, -0.05) is 0 Å². The Morgan fingerprint density at radius 2 is 2.00 bits per heavy atom. The number of ether oxygens (including phenoxy) is 1. The molecule has 0 saturated carbocycles. The molecule has 0 bridgehead atoms. The lowest BCUT2D eigenvalue weighted by molar-refractivity contribution is -0.133. The molecule has 0 radical (unpaired) electrons. The van der Waals surface area contributed by atoms with E-state index >= 15 is 0 Å². The van der Waals surface area contributed by atoms with E-state index in [0.29, 0.717) is 18.8 Å². The summed E-state index contributed by atoms with van der Waals surface area (Å²) < 4.78 is 18.9. The van der Waals surface area contributed by atoms with Gasteiger partial charge in [0.1, 0.15) is 18.2 Å². The van der Waals surface area contributed by atoms with Gasteiger partial charge in [0.15, 0.2) is 0 Å². The summed E-state index contributed by atoms with van der Waals surface area (Å²) in [6.45, 7) is 3.82. The second kappa shape index (κ2) is 6.12. The van der Waals surface area contributed by atoms with Gasteiger partial charge < -0.3 is 19.4 Å². The number of fused-ring (bicyclic) bond motifs is 1. The van der Waals surface area contributed by atoms with Crippen molar-refractivity contribution in [2.75, 3.05) is 51.8 Å². The maximum atomic E-state index is 13.2. The van der Waals surface area contributed by atoms with E-state index in [9.17, 15) is 9.18 Å². The van der Waals surface area contributed by atoms with E-state index in [2.05, 4.69) is 11.9 Å². The lowest BCUT2D eigenvalue weighted by Gasteiger charge is -2.38. The minimum absolute atomic E-state index is 0.00915. The summed E-state index contributed by atoms with van der Waals surface area (Å²) in [5.41, 5.74) is 0.837. The predicted octanol–water partition coefficient (Wildman–Crippen LogP) is 1.19. The van der Waals surface area contributed by atoms with Crippen molar-refractivity contribution in [3.05, 3.63) is 24.0 Å². The number of hydrogen-bond donors (Lipinski definition) is 0. The van der Waals surface area contributed by atoms with Crippen LogP contribution in [0.25, 0.3) is 0 Å². The van der Waals surface area contributed by atoms with Gasteiger partial charge in [-0.25, -0.2) is 4.39 Å².